The van der Waals surface area contributed by atoms with E-state index in [4.69, 9.17) is 27.3 Å². The number of aromatic nitrogens is 3. The number of anilines is 1. The number of nitrogens with two attached hydrogens (primary N) is 1. The largest absolute Gasteiger partial charge is 0.412 e. The maximum Gasteiger partial charge on any atom is 0.317 e. The molecule has 2 aromatic heterocycles. The first-order valence-corrected chi connectivity index (χ1v) is 12.7. The molecule has 1 atom stereocenters. The van der Waals surface area contributed by atoms with E-state index in [2.05, 4.69) is 15.7 Å². The van der Waals surface area contributed by atoms with Gasteiger partial charge in [0.2, 0.25) is 0 Å². The molecule has 1 aliphatic rings. The highest BCUT2D eigenvalue weighted by Gasteiger charge is 2.24. The second-order valence-electron chi connectivity index (χ2n) is 9.33. The number of hydrogen-bond acceptors (Lipinski definition) is 6. The summed E-state index contributed by atoms with van der Waals surface area (Å²) >= 11 is 6.46. The molecule has 0 bridgehead atoms. The van der Waals surface area contributed by atoms with Crippen molar-refractivity contribution in [2.24, 2.45) is 11.8 Å². The van der Waals surface area contributed by atoms with Crippen molar-refractivity contribution in [3.8, 4) is 17.0 Å². The molecule has 9 nitrogen and oxygen atoms in total. The first kappa shape index (κ1) is 24.9. The molecule has 37 heavy (non-hydrogen) atoms. The first-order valence-electron chi connectivity index (χ1n) is 12.3. The van der Waals surface area contributed by atoms with Gasteiger partial charge >= 0.3 is 6.03 Å². The van der Waals surface area contributed by atoms with E-state index in [-0.39, 0.29) is 6.03 Å². The van der Waals surface area contributed by atoms with Gasteiger partial charge in [-0.15, -0.1) is 0 Å². The molecule has 1 fully saturated rings. The normalized spacial score (nSPS) is 15.5. The molecule has 0 aliphatic carbocycles. The van der Waals surface area contributed by atoms with Crippen LogP contribution in [0.2, 0.25) is 5.02 Å². The lowest BCUT2D eigenvalue weighted by molar-refractivity contribution is 0.168. The maximum absolute atomic E-state index is 12.8. The number of nitrogens with one attached hydrogen (secondary N) is 2. The number of nitrogens with zero attached hydrogens (tertiary/aromatic N) is 4. The van der Waals surface area contributed by atoms with Crippen molar-refractivity contribution in [2.45, 2.75) is 19.4 Å². The zero-order valence-corrected chi connectivity index (χ0v) is 21.4. The number of fused-ring (bicyclic) bond motifs is 1. The van der Waals surface area contributed by atoms with Gasteiger partial charge in [0, 0.05) is 49.0 Å². The predicted molar refractivity (Wildman–Crippen MR) is 148 cm³/mol. The summed E-state index contributed by atoms with van der Waals surface area (Å²) in [6.07, 6.45) is 3.81. The fraction of sp³-hybridized carbons (Fsp3) is 0.269. The van der Waals surface area contributed by atoms with E-state index in [1.54, 1.807) is 12.1 Å². The number of urea groups is 1. The van der Waals surface area contributed by atoms with Gasteiger partial charge in [0.05, 0.1) is 5.69 Å². The molecule has 4 N–H and O–H groups in total. The molecule has 0 spiro atoms. The summed E-state index contributed by atoms with van der Waals surface area (Å²) in [5, 5.41) is 11.8. The van der Waals surface area contributed by atoms with Crippen molar-refractivity contribution in [3.05, 3.63) is 71.4 Å². The average molecular weight is 518 g/mol. The Balaban J connectivity index is 1.24. The standard InChI is InChI=1S/C26H29BClN7O2/c27-21-15-32-35-24(12-23(33-25(21)35)20-5-1-2-6-22(20)28)30-14-18-4-3-11-34(16-18)26(36)31-13-17-7-9-19(37-29)10-8-17/h1-2,5-10,12,15,18,30H,3-4,11,13-14,16,27,29H2,(H,31,36). The summed E-state index contributed by atoms with van der Waals surface area (Å²) in [6.45, 7) is 2.59. The lowest BCUT2D eigenvalue weighted by Crippen LogP contribution is -2.46. The predicted octanol–water partition coefficient (Wildman–Crippen LogP) is 2.59. The SMILES string of the molecule is Bc1cnn2c(NCC3CCCN(C(=O)NCc4ccc(ON)cc4)C3)cc(-c3ccccc3Cl)nc12. The number of hydrogen-bond donors (Lipinski definition) is 3. The Hall–Kier alpha value is -3.76. The van der Waals surface area contributed by atoms with Gasteiger partial charge in [-0.25, -0.2) is 9.78 Å². The molecule has 1 aliphatic heterocycles. The zero-order valence-electron chi connectivity index (χ0n) is 20.7. The van der Waals surface area contributed by atoms with Gasteiger partial charge in [0.15, 0.2) is 5.65 Å². The van der Waals surface area contributed by atoms with Gasteiger partial charge < -0.3 is 20.4 Å². The minimum Gasteiger partial charge on any atom is -0.412 e. The van der Waals surface area contributed by atoms with Crippen LogP contribution < -0.4 is 26.8 Å². The van der Waals surface area contributed by atoms with Crippen LogP contribution in [0.15, 0.2) is 60.8 Å². The van der Waals surface area contributed by atoms with Crippen LogP contribution in [0.4, 0.5) is 10.6 Å². The topological polar surface area (TPSA) is 110 Å². The number of carbonyl (C=O) groups excluding carboxylic acids is 1. The molecule has 2 amide bonds. The molecule has 3 heterocycles. The van der Waals surface area contributed by atoms with E-state index in [1.165, 1.54) is 0 Å². The fourth-order valence-electron chi connectivity index (χ4n) is 4.65. The van der Waals surface area contributed by atoms with Crippen LogP contribution in [0.1, 0.15) is 18.4 Å². The van der Waals surface area contributed by atoms with Crippen LogP contribution in [0.3, 0.4) is 0 Å². The molecule has 1 unspecified atom stereocenters. The number of carbonyl (C=O) groups is 1. The van der Waals surface area contributed by atoms with Crippen molar-refractivity contribution < 1.29 is 9.63 Å². The van der Waals surface area contributed by atoms with Crippen LogP contribution in [0.5, 0.6) is 5.75 Å². The molecule has 1 saturated heterocycles. The van der Waals surface area contributed by atoms with E-state index >= 15 is 0 Å². The maximum atomic E-state index is 12.8. The Morgan fingerprint density at radius 3 is 2.81 bits per heavy atom. The third-order valence-electron chi connectivity index (χ3n) is 6.68. The highest BCUT2D eigenvalue weighted by Crippen LogP contribution is 2.28. The van der Waals surface area contributed by atoms with Crippen molar-refractivity contribution in [1.29, 1.82) is 0 Å². The molecule has 0 saturated carbocycles. The van der Waals surface area contributed by atoms with Crippen molar-refractivity contribution in [1.82, 2.24) is 24.8 Å². The van der Waals surface area contributed by atoms with E-state index in [9.17, 15) is 4.79 Å². The Morgan fingerprint density at radius 1 is 1.22 bits per heavy atom. The number of halogens is 1. The molecule has 5 rings (SSSR count). The lowest BCUT2D eigenvalue weighted by Gasteiger charge is -2.33. The molecular formula is C26H29BClN7O2. The fourth-order valence-corrected chi connectivity index (χ4v) is 4.88. The van der Waals surface area contributed by atoms with Gasteiger partial charge in [0.25, 0.3) is 0 Å². The summed E-state index contributed by atoms with van der Waals surface area (Å²) in [5.74, 6) is 6.90. The first-order chi connectivity index (χ1) is 18.0. The second-order valence-corrected chi connectivity index (χ2v) is 9.73. The number of piperidine rings is 1. The van der Waals surface area contributed by atoms with Gasteiger partial charge in [-0.2, -0.15) is 15.5 Å². The molecule has 0 radical (unpaired) electrons. The average Bonchev–Trinajstić information content (AvgIpc) is 3.31. The van der Waals surface area contributed by atoms with Gasteiger partial charge in [-0.1, -0.05) is 41.9 Å². The van der Waals surface area contributed by atoms with Gasteiger partial charge in [0.1, 0.15) is 19.4 Å². The molecular weight excluding hydrogens is 489 g/mol. The number of likely N-dealkylation sites (tertiary alicyclic amines) is 1. The summed E-state index contributed by atoms with van der Waals surface area (Å²) in [5.41, 5.74) is 4.43. The summed E-state index contributed by atoms with van der Waals surface area (Å²) in [4.78, 5) is 24.2. The lowest BCUT2D eigenvalue weighted by atomic mass is 9.98. The molecule has 2 aromatic carbocycles. The summed E-state index contributed by atoms with van der Waals surface area (Å²) in [7, 11) is 1.99. The van der Waals surface area contributed by atoms with Crippen LogP contribution >= 0.6 is 11.6 Å². The third-order valence-corrected chi connectivity index (χ3v) is 7.01. The van der Waals surface area contributed by atoms with Crippen molar-refractivity contribution in [3.63, 3.8) is 0 Å². The third kappa shape index (κ3) is 5.65. The number of benzene rings is 2. The van der Waals surface area contributed by atoms with E-state index < -0.39 is 0 Å². The smallest absolute Gasteiger partial charge is 0.317 e. The summed E-state index contributed by atoms with van der Waals surface area (Å²) in [6, 6.07) is 16.9. The van der Waals surface area contributed by atoms with Crippen LogP contribution in [-0.2, 0) is 6.54 Å². The zero-order chi connectivity index (χ0) is 25.8. The van der Waals surface area contributed by atoms with Crippen molar-refractivity contribution in [2.75, 3.05) is 25.0 Å². The minimum atomic E-state index is -0.0566. The van der Waals surface area contributed by atoms with E-state index in [0.29, 0.717) is 36.3 Å². The highest BCUT2D eigenvalue weighted by molar-refractivity contribution is 6.36. The number of rotatable bonds is 7. The number of amides is 2. The quantitative estimate of drug-likeness (QED) is 0.257. The minimum absolute atomic E-state index is 0.0566. The van der Waals surface area contributed by atoms with Crippen LogP contribution in [0.25, 0.3) is 16.9 Å². The van der Waals surface area contributed by atoms with E-state index in [0.717, 1.165) is 53.1 Å². The Labute approximate surface area is 221 Å². The molecule has 11 heteroatoms. The Bertz CT molecular complexity index is 1400. The summed E-state index contributed by atoms with van der Waals surface area (Å²) < 4.78 is 1.82. The van der Waals surface area contributed by atoms with Gasteiger partial charge in [-0.3, -0.25) is 0 Å². The second kappa shape index (κ2) is 11.1. The van der Waals surface area contributed by atoms with Crippen LogP contribution in [0, 0.1) is 5.92 Å². The van der Waals surface area contributed by atoms with Gasteiger partial charge in [-0.05, 0) is 48.0 Å². The van der Waals surface area contributed by atoms with Crippen LogP contribution in [-0.4, -0.2) is 53.0 Å². The van der Waals surface area contributed by atoms with Crippen molar-refractivity contribution >= 4 is 42.4 Å². The monoisotopic (exact) mass is 517 g/mol. The molecule has 190 valence electrons. The highest BCUT2D eigenvalue weighted by atomic mass is 35.5. The van der Waals surface area contributed by atoms with E-state index in [1.807, 2.05) is 65.9 Å². The Kier molecular flexibility index (Phi) is 7.48. The Morgan fingerprint density at radius 2 is 2.03 bits per heavy atom. The molecule has 4 aromatic rings.